The number of halogens is 3. The summed E-state index contributed by atoms with van der Waals surface area (Å²) in [5, 5.41) is 0. The van der Waals surface area contributed by atoms with Crippen LogP contribution in [0.4, 0.5) is 13.2 Å². The Balaban J connectivity index is 2.43. The summed E-state index contributed by atoms with van der Waals surface area (Å²) < 4.78 is 40.6. The van der Waals surface area contributed by atoms with Gasteiger partial charge in [-0.3, -0.25) is 0 Å². The van der Waals surface area contributed by atoms with Crippen molar-refractivity contribution in [3.8, 4) is 17.0 Å². The Morgan fingerprint density at radius 1 is 1.32 bits per heavy atom. The van der Waals surface area contributed by atoms with Crippen LogP contribution < -0.4 is 4.74 Å². The van der Waals surface area contributed by atoms with Gasteiger partial charge in [0.2, 0.25) is 0 Å². The number of aryl methyl sites for hydroxylation is 1. The van der Waals surface area contributed by atoms with E-state index >= 15 is 0 Å². The van der Waals surface area contributed by atoms with Crippen molar-refractivity contribution in [1.82, 2.24) is 9.97 Å². The molecule has 1 aromatic heterocycles. The van der Waals surface area contributed by atoms with E-state index in [2.05, 4.69) is 14.7 Å². The largest absolute Gasteiger partial charge is 0.573 e. The van der Waals surface area contributed by atoms with Crippen molar-refractivity contribution in [2.75, 3.05) is 0 Å². The van der Waals surface area contributed by atoms with Crippen LogP contribution in [0.3, 0.4) is 0 Å². The lowest BCUT2D eigenvalue weighted by atomic mass is 10.1. The molecule has 0 atom stereocenters. The fourth-order valence-electron chi connectivity index (χ4n) is 1.61. The van der Waals surface area contributed by atoms with Gasteiger partial charge in [0.1, 0.15) is 5.75 Å². The molecule has 0 aliphatic rings. The molecule has 0 aliphatic heterocycles. The molecule has 1 N–H and O–H groups in total. The minimum atomic E-state index is -4.71. The second kappa shape index (κ2) is 5.00. The fraction of sp³-hybridized carbons (Fsp3) is 0.167. The maximum absolute atomic E-state index is 12.2. The van der Waals surface area contributed by atoms with Gasteiger partial charge >= 0.3 is 6.36 Å². The Morgan fingerprint density at radius 3 is 2.74 bits per heavy atom. The van der Waals surface area contributed by atoms with Gasteiger partial charge in [0.15, 0.2) is 4.77 Å². The van der Waals surface area contributed by atoms with Gasteiger partial charge in [-0.1, -0.05) is 12.1 Å². The van der Waals surface area contributed by atoms with Gasteiger partial charge in [0.25, 0.3) is 0 Å². The predicted molar refractivity (Wildman–Crippen MR) is 66.3 cm³/mol. The Hall–Kier alpha value is -1.89. The van der Waals surface area contributed by atoms with Crippen LogP contribution in [0.25, 0.3) is 11.3 Å². The lowest BCUT2D eigenvalue weighted by Gasteiger charge is -2.11. The van der Waals surface area contributed by atoms with Crippen molar-refractivity contribution >= 4 is 12.2 Å². The molecule has 0 amide bonds. The van der Waals surface area contributed by atoms with E-state index in [-0.39, 0.29) is 10.5 Å². The van der Waals surface area contributed by atoms with Gasteiger partial charge in [-0.15, -0.1) is 13.2 Å². The standard InChI is InChI=1S/C12H9F3N2OS/c1-7-6-16-11(19)17-10(7)8-3-2-4-9(5-8)18-12(13,14)15/h2-6H,1H3,(H,16,17,19). The van der Waals surface area contributed by atoms with Crippen LogP contribution in [0.1, 0.15) is 5.56 Å². The first-order valence-corrected chi connectivity index (χ1v) is 5.68. The summed E-state index contributed by atoms with van der Waals surface area (Å²) in [6, 6.07) is 5.67. The molecule has 0 bridgehead atoms. The van der Waals surface area contributed by atoms with Gasteiger partial charge in [-0.25, -0.2) is 4.98 Å². The number of hydrogen-bond acceptors (Lipinski definition) is 3. The van der Waals surface area contributed by atoms with Crippen LogP contribution in [0, 0.1) is 11.7 Å². The van der Waals surface area contributed by atoms with Gasteiger partial charge in [0, 0.05) is 11.8 Å². The minimum absolute atomic E-state index is 0.266. The predicted octanol–water partition coefficient (Wildman–Crippen LogP) is 4.01. The number of ether oxygens (including phenoxy) is 1. The van der Waals surface area contributed by atoms with E-state index in [1.807, 2.05) is 0 Å². The Bertz CT molecular complexity index is 652. The fourth-order valence-corrected chi connectivity index (χ4v) is 1.76. The van der Waals surface area contributed by atoms with Crippen molar-refractivity contribution in [1.29, 1.82) is 0 Å². The first-order valence-electron chi connectivity index (χ1n) is 5.27. The molecule has 7 heteroatoms. The van der Waals surface area contributed by atoms with Gasteiger partial charge in [0.05, 0.1) is 5.69 Å². The molecule has 0 spiro atoms. The first-order chi connectivity index (χ1) is 8.85. The summed E-state index contributed by atoms with van der Waals surface area (Å²) in [6.45, 7) is 1.78. The van der Waals surface area contributed by atoms with Crippen LogP contribution in [-0.2, 0) is 0 Å². The van der Waals surface area contributed by atoms with Crippen molar-refractivity contribution in [2.24, 2.45) is 0 Å². The highest BCUT2D eigenvalue weighted by Crippen LogP contribution is 2.28. The molecule has 0 saturated heterocycles. The Kier molecular flexibility index (Phi) is 3.57. The zero-order valence-electron chi connectivity index (χ0n) is 9.78. The number of hydrogen-bond donors (Lipinski definition) is 1. The molecule has 2 rings (SSSR count). The Labute approximate surface area is 112 Å². The van der Waals surface area contributed by atoms with Crippen molar-refractivity contribution in [3.63, 3.8) is 0 Å². The molecule has 0 saturated carbocycles. The second-order valence-corrected chi connectivity index (χ2v) is 4.21. The maximum atomic E-state index is 12.2. The van der Waals surface area contributed by atoms with Crippen LogP contribution in [-0.4, -0.2) is 16.3 Å². The zero-order valence-corrected chi connectivity index (χ0v) is 10.6. The van der Waals surface area contributed by atoms with Crippen molar-refractivity contribution < 1.29 is 17.9 Å². The second-order valence-electron chi connectivity index (χ2n) is 3.82. The molecule has 1 aromatic carbocycles. The lowest BCUT2D eigenvalue weighted by Crippen LogP contribution is -2.17. The van der Waals surface area contributed by atoms with E-state index in [1.54, 1.807) is 19.2 Å². The average molecular weight is 286 g/mol. The molecule has 19 heavy (non-hydrogen) atoms. The van der Waals surface area contributed by atoms with Gasteiger partial charge < -0.3 is 9.72 Å². The van der Waals surface area contributed by atoms with Gasteiger partial charge in [-0.2, -0.15) is 0 Å². The molecule has 100 valence electrons. The molecular weight excluding hydrogens is 277 g/mol. The monoisotopic (exact) mass is 286 g/mol. The van der Waals surface area contributed by atoms with E-state index < -0.39 is 6.36 Å². The molecular formula is C12H9F3N2OS. The normalized spacial score (nSPS) is 11.4. The van der Waals surface area contributed by atoms with Crippen LogP contribution in [0.15, 0.2) is 30.5 Å². The molecule has 0 aliphatic carbocycles. The Morgan fingerprint density at radius 2 is 2.05 bits per heavy atom. The number of alkyl halides is 3. The summed E-state index contributed by atoms with van der Waals surface area (Å²) in [4.78, 5) is 6.74. The van der Waals surface area contributed by atoms with Crippen LogP contribution in [0.5, 0.6) is 5.75 Å². The van der Waals surface area contributed by atoms with E-state index in [0.29, 0.717) is 11.3 Å². The summed E-state index contributed by atoms with van der Waals surface area (Å²) in [7, 11) is 0. The lowest BCUT2D eigenvalue weighted by molar-refractivity contribution is -0.274. The topological polar surface area (TPSA) is 37.9 Å². The smallest absolute Gasteiger partial charge is 0.406 e. The number of nitrogens with one attached hydrogen (secondary N) is 1. The number of aromatic amines is 1. The molecule has 3 nitrogen and oxygen atoms in total. The van der Waals surface area contributed by atoms with E-state index in [0.717, 1.165) is 5.56 Å². The molecule has 1 heterocycles. The highest BCUT2D eigenvalue weighted by atomic mass is 32.1. The van der Waals surface area contributed by atoms with Crippen molar-refractivity contribution in [3.05, 3.63) is 40.8 Å². The van der Waals surface area contributed by atoms with E-state index in [9.17, 15) is 13.2 Å². The number of rotatable bonds is 2. The summed E-state index contributed by atoms with van der Waals surface area (Å²) in [5.74, 6) is -0.277. The molecule has 0 fully saturated rings. The number of aromatic nitrogens is 2. The summed E-state index contributed by atoms with van der Waals surface area (Å²) in [5.41, 5.74) is 1.94. The summed E-state index contributed by atoms with van der Waals surface area (Å²) in [6.07, 6.45) is -3.15. The quantitative estimate of drug-likeness (QED) is 0.847. The third-order valence-corrected chi connectivity index (χ3v) is 2.57. The van der Waals surface area contributed by atoms with E-state index in [4.69, 9.17) is 12.2 Å². The molecule has 2 aromatic rings. The minimum Gasteiger partial charge on any atom is -0.406 e. The van der Waals surface area contributed by atoms with Crippen LogP contribution >= 0.6 is 12.2 Å². The first kappa shape index (κ1) is 13.5. The molecule has 0 unspecified atom stereocenters. The van der Waals surface area contributed by atoms with Crippen LogP contribution in [0.2, 0.25) is 0 Å². The van der Waals surface area contributed by atoms with Crippen molar-refractivity contribution in [2.45, 2.75) is 13.3 Å². The zero-order chi connectivity index (χ0) is 14.0. The third-order valence-electron chi connectivity index (χ3n) is 2.36. The highest BCUT2D eigenvalue weighted by molar-refractivity contribution is 7.71. The molecule has 0 radical (unpaired) electrons. The number of nitrogens with zero attached hydrogens (tertiary/aromatic N) is 1. The van der Waals surface area contributed by atoms with Gasteiger partial charge in [-0.05, 0) is 36.8 Å². The van der Waals surface area contributed by atoms with E-state index in [1.165, 1.54) is 18.2 Å². The number of H-pyrrole nitrogens is 1. The maximum Gasteiger partial charge on any atom is 0.573 e. The highest BCUT2D eigenvalue weighted by Gasteiger charge is 2.31. The SMILES string of the molecule is Cc1cnc(=S)[nH]c1-c1cccc(OC(F)(F)F)c1. The average Bonchev–Trinajstić information content (AvgIpc) is 2.30. The third kappa shape index (κ3) is 3.54. The number of benzene rings is 1. The summed E-state index contributed by atoms with van der Waals surface area (Å²) >= 11 is 4.90.